The van der Waals surface area contributed by atoms with E-state index >= 15 is 0 Å². The summed E-state index contributed by atoms with van der Waals surface area (Å²) < 4.78 is 0. The maximum atomic E-state index is 12.7. The highest BCUT2D eigenvalue weighted by atomic mass is 32.1. The fourth-order valence-corrected chi connectivity index (χ4v) is 4.18. The van der Waals surface area contributed by atoms with Crippen LogP contribution in [0.3, 0.4) is 0 Å². The minimum absolute atomic E-state index is 0.0262. The van der Waals surface area contributed by atoms with Crippen molar-refractivity contribution in [1.29, 1.82) is 0 Å². The lowest BCUT2D eigenvalue weighted by Gasteiger charge is -2.38. The average Bonchev–Trinajstić information content (AvgIpc) is 3.02. The molecule has 1 aliphatic rings. The van der Waals surface area contributed by atoms with Crippen LogP contribution in [0.15, 0.2) is 35.7 Å². The Kier molecular flexibility index (Phi) is 5.63. The molecule has 0 aliphatic carbocycles. The third kappa shape index (κ3) is 4.22. The van der Waals surface area contributed by atoms with Crippen molar-refractivity contribution in [2.75, 3.05) is 6.54 Å². The molecule has 3 rings (SSSR count). The zero-order valence-corrected chi connectivity index (χ0v) is 15.0. The molecule has 1 amide bonds. The van der Waals surface area contributed by atoms with E-state index in [1.165, 1.54) is 5.56 Å². The highest BCUT2D eigenvalue weighted by Gasteiger charge is 2.29. The maximum Gasteiger partial charge on any atom is 0.228 e. The van der Waals surface area contributed by atoms with Gasteiger partial charge in [0.05, 0.1) is 17.1 Å². The second-order valence-electron chi connectivity index (χ2n) is 6.58. The van der Waals surface area contributed by atoms with E-state index in [0.717, 1.165) is 42.9 Å². The van der Waals surface area contributed by atoms with E-state index in [4.69, 9.17) is 5.73 Å². The SMILES string of the molecule is CC(N)C1CCCCN1C(=O)Cc1csc(Cc2ccccc2)n1. The predicted molar refractivity (Wildman–Crippen MR) is 98.1 cm³/mol. The van der Waals surface area contributed by atoms with Gasteiger partial charge in [0.25, 0.3) is 0 Å². The molecule has 2 N–H and O–H groups in total. The summed E-state index contributed by atoms with van der Waals surface area (Å²) in [6.07, 6.45) is 4.46. The molecule has 1 aromatic carbocycles. The van der Waals surface area contributed by atoms with E-state index in [2.05, 4.69) is 17.1 Å². The van der Waals surface area contributed by atoms with Gasteiger partial charge in [0, 0.05) is 30.4 Å². The average molecular weight is 343 g/mol. The number of amides is 1. The maximum absolute atomic E-state index is 12.7. The van der Waals surface area contributed by atoms with E-state index in [1.807, 2.05) is 35.4 Å². The van der Waals surface area contributed by atoms with Gasteiger partial charge in [0.1, 0.15) is 0 Å². The van der Waals surface area contributed by atoms with Gasteiger partial charge in [-0.15, -0.1) is 11.3 Å². The van der Waals surface area contributed by atoms with Crippen molar-refractivity contribution in [3.63, 3.8) is 0 Å². The molecular formula is C19H25N3OS. The standard InChI is InChI=1S/C19H25N3OS/c1-14(20)17-9-5-6-10-22(17)19(23)12-16-13-24-18(21-16)11-15-7-3-2-4-8-15/h2-4,7-8,13-14,17H,5-6,9-12,20H2,1H3. The zero-order valence-electron chi connectivity index (χ0n) is 14.1. The highest BCUT2D eigenvalue weighted by Crippen LogP contribution is 2.21. The monoisotopic (exact) mass is 343 g/mol. The first kappa shape index (κ1) is 17.1. The lowest BCUT2D eigenvalue weighted by molar-refractivity contribution is -0.134. The molecule has 1 aliphatic heterocycles. The molecule has 0 bridgehead atoms. The number of hydrogen-bond donors (Lipinski definition) is 1. The van der Waals surface area contributed by atoms with Crippen LogP contribution in [-0.2, 0) is 17.6 Å². The molecule has 5 heteroatoms. The fraction of sp³-hybridized carbons (Fsp3) is 0.474. The van der Waals surface area contributed by atoms with Gasteiger partial charge in [-0.25, -0.2) is 4.98 Å². The van der Waals surface area contributed by atoms with Crippen molar-refractivity contribution in [3.8, 4) is 0 Å². The number of benzene rings is 1. The van der Waals surface area contributed by atoms with Gasteiger partial charge in [0.2, 0.25) is 5.91 Å². The molecule has 0 spiro atoms. The number of thiazole rings is 1. The second kappa shape index (κ2) is 7.90. The van der Waals surface area contributed by atoms with Crippen LogP contribution in [-0.4, -0.2) is 34.4 Å². The van der Waals surface area contributed by atoms with Crippen molar-refractivity contribution in [1.82, 2.24) is 9.88 Å². The fourth-order valence-electron chi connectivity index (χ4n) is 3.35. The molecule has 2 aromatic rings. The van der Waals surface area contributed by atoms with Gasteiger partial charge in [0.15, 0.2) is 0 Å². The molecule has 4 nitrogen and oxygen atoms in total. The summed E-state index contributed by atoms with van der Waals surface area (Å²) >= 11 is 1.63. The first-order chi connectivity index (χ1) is 11.6. The Balaban J connectivity index is 1.62. The largest absolute Gasteiger partial charge is 0.338 e. The zero-order chi connectivity index (χ0) is 16.9. The van der Waals surface area contributed by atoms with Crippen LogP contribution in [0.1, 0.15) is 42.5 Å². The van der Waals surface area contributed by atoms with E-state index in [0.29, 0.717) is 6.42 Å². The van der Waals surface area contributed by atoms with Crippen molar-refractivity contribution < 1.29 is 4.79 Å². The quantitative estimate of drug-likeness (QED) is 0.908. The lowest BCUT2D eigenvalue weighted by Crippen LogP contribution is -2.52. The Labute approximate surface area is 147 Å². The Morgan fingerprint density at radius 2 is 2.17 bits per heavy atom. The summed E-state index contributed by atoms with van der Waals surface area (Å²) in [5.41, 5.74) is 8.20. The van der Waals surface area contributed by atoms with Crippen LogP contribution in [0, 0.1) is 0 Å². The minimum Gasteiger partial charge on any atom is -0.338 e. The summed E-state index contributed by atoms with van der Waals surface area (Å²) in [5, 5.41) is 3.08. The van der Waals surface area contributed by atoms with Gasteiger partial charge in [-0.1, -0.05) is 30.3 Å². The number of piperidine rings is 1. The minimum atomic E-state index is 0.0262. The molecule has 0 saturated carbocycles. The molecule has 128 valence electrons. The number of carbonyl (C=O) groups is 1. The van der Waals surface area contributed by atoms with Crippen LogP contribution in [0.2, 0.25) is 0 Å². The summed E-state index contributed by atoms with van der Waals surface area (Å²) in [5.74, 6) is 0.161. The van der Waals surface area contributed by atoms with Crippen LogP contribution in [0.5, 0.6) is 0 Å². The van der Waals surface area contributed by atoms with Crippen molar-refractivity contribution in [2.45, 2.75) is 51.1 Å². The normalized spacial score (nSPS) is 19.2. The van der Waals surface area contributed by atoms with Gasteiger partial charge >= 0.3 is 0 Å². The summed E-state index contributed by atoms with van der Waals surface area (Å²) in [7, 11) is 0. The second-order valence-corrected chi connectivity index (χ2v) is 7.52. The van der Waals surface area contributed by atoms with Crippen LogP contribution < -0.4 is 5.73 Å². The number of nitrogens with zero attached hydrogens (tertiary/aromatic N) is 2. The molecule has 2 unspecified atom stereocenters. The van der Waals surface area contributed by atoms with Gasteiger partial charge in [-0.2, -0.15) is 0 Å². The molecule has 0 radical (unpaired) electrons. The molecular weight excluding hydrogens is 318 g/mol. The van der Waals surface area contributed by atoms with E-state index in [-0.39, 0.29) is 18.0 Å². The summed E-state index contributed by atoms with van der Waals surface area (Å²) in [6, 6.07) is 10.5. The third-order valence-corrected chi connectivity index (χ3v) is 5.50. The molecule has 2 atom stereocenters. The number of nitrogens with two attached hydrogens (primary N) is 1. The van der Waals surface area contributed by atoms with Gasteiger partial charge in [-0.3, -0.25) is 4.79 Å². The summed E-state index contributed by atoms with van der Waals surface area (Å²) in [4.78, 5) is 19.3. The van der Waals surface area contributed by atoms with Crippen molar-refractivity contribution >= 4 is 17.2 Å². The predicted octanol–water partition coefficient (Wildman–Crippen LogP) is 3.00. The van der Waals surface area contributed by atoms with Crippen LogP contribution in [0.25, 0.3) is 0 Å². The first-order valence-corrected chi connectivity index (χ1v) is 9.53. The van der Waals surface area contributed by atoms with Gasteiger partial charge in [-0.05, 0) is 31.7 Å². The van der Waals surface area contributed by atoms with Crippen LogP contribution >= 0.6 is 11.3 Å². The lowest BCUT2D eigenvalue weighted by atomic mass is 9.96. The van der Waals surface area contributed by atoms with E-state index < -0.39 is 0 Å². The molecule has 1 saturated heterocycles. The van der Waals surface area contributed by atoms with Crippen molar-refractivity contribution in [3.05, 3.63) is 52.0 Å². The first-order valence-electron chi connectivity index (χ1n) is 8.66. The molecule has 2 heterocycles. The highest BCUT2D eigenvalue weighted by molar-refractivity contribution is 7.09. The number of carbonyl (C=O) groups excluding carboxylic acids is 1. The van der Waals surface area contributed by atoms with E-state index in [9.17, 15) is 4.79 Å². The number of likely N-dealkylation sites (tertiary alicyclic amines) is 1. The Morgan fingerprint density at radius 1 is 1.38 bits per heavy atom. The smallest absolute Gasteiger partial charge is 0.228 e. The molecule has 1 aromatic heterocycles. The number of rotatable bonds is 5. The third-order valence-electron chi connectivity index (χ3n) is 4.61. The summed E-state index contributed by atoms with van der Waals surface area (Å²) in [6.45, 7) is 2.82. The molecule has 24 heavy (non-hydrogen) atoms. The van der Waals surface area contributed by atoms with E-state index in [1.54, 1.807) is 11.3 Å². The number of hydrogen-bond acceptors (Lipinski definition) is 4. The molecule has 1 fully saturated rings. The Bertz CT molecular complexity index is 668. The Hall–Kier alpha value is -1.72. The van der Waals surface area contributed by atoms with Crippen LogP contribution in [0.4, 0.5) is 0 Å². The topological polar surface area (TPSA) is 59.2 Å². The number of aromatic nitrogens is 1. The van der Waals surface area contributed by atoms with Gasteiger partial charge < -0.3 is 10.6 Å². The van der Waals surface area contributed by atoms with Crippen molar-refractivity contribution in [2.24, 2.45) is 5.73 Å². The Morgan fingerprint density at radius 3 is 2.92 bits per heavy atom.